The van der Waals surface area contributed by atoms with Crippen molar-refractivity contribution >= 4 is 0 Å². The number of aliphatic hydroxyl groups is 3. The maximum absolute atomic E-state index is 9.56. The minimum absolute atomic E-state index is 0.337. The van der Waals surface area contributed by atoms with Crippen LogP contribution in [0.25, 0.3) is 0 Å². The number of hydrogen-bond acceptors (Lipinski definition) is 6. The normalized spacial score (nSPS) is 49.3. The minimum Gasteiger partial charge on any atom is -0.386 e. The molecule has 0 saturated carbocycles. The highest BCUT2D eigenvalue weighted by molar-refractivity contribution is 4.96. The average Bonchev–Trinajstić information content (AvgIpc) is 2.12. The van der Waals surface area contributed by atoms with Crippen molar-refractivity contribution in [1.82, 2.24) is 0 Å². The van der Waals surface area contributed by atoms with E-state index in [0.717, 1.165) is 0 Å². The lowest BCUT2D eigenvalue weighted by molar-refractivity contribution is -0.321. The van der Waals surface area contributed by atoms with Gasteiger partial charge in [-0.1, -0.05) is 0 Å². The zero-order valence-electron chi connectivity index (χ0n) is 8.25. The van der Waals surface area contributed by atoms with E-state index in [1.165, 1.54) is 6.92 Å². The van der Waals surface area contributed by atoms with E-state index in [2.05, 4.69) is 0 Å². The molecule has 5 N–H and O–H groups in total. The lowest BCUT2D eigenvalue weighted by atomic mass is 9.94. The lowest BCUT2D eigenvalue weighted by Crippen LogP contribution is -2.70. The molecule has 1 heterocycles. The van der Waals surface area contributed by atoms with E-state index in [9.17, 15) is 15.3 Å². The van der Waals surface area contributed by atoms with Gasteiger partial charge in [0.1, 0.15) is 18.3 Å². The zero-order chi connectivity index (χ0) is 10.9. The highest BCUT2D eigenvalue weighted by Crippen LogP contribution is 2.26. The Kier molecular flexibility index (Phi) is 3.46. The van der Waals surface area contributed by atoms with Crippen molar-refractivity contribution in [1.29, 1.82) is 0 Å². The van der Waals surface area contributed by atoms with Crippen LogP contribution in [-0.4, -0.2) is 52.3 Å². The Labute approximate surface area is 82.2 Å². The second kappa shape index (κ2) is 4.09. The Morgan fingerprint density at radius 3 is 2.57 bits per heavy atom. The van der Waals surface area contributed by atoms with Crippen LogP contribution in [-0.2, 0) is 9.47 Å². The fourth-order valence-corrected chi connectivity index (χ4v) is 1.36. The first-order chi connectivity index (χ1) is 6.41. The fraction of sp³-hybridized carbons (Fsp3) is 1.00. The zero-order valence-corrected chi connectivity index (χ0v) is 8.25. The van der Waals surface area contributed by atoms with E-state index in [0.29, 0.717) is 6.61 Å². The van der Waals surface area contributed by atoms with Gasteiger partial charge in [0.15, 0.2) is 12.0 Å². The van der Waals surface area contributed by atoms with Gasteiger partial charge in [-0.2, -0.15) is 0 Å². The van der Waals surface area contributed by atoms with Crippen molar-refractivity contribution in [3.05, 3.63) is 0 Å². The lowest BCUT2D eigenvalue weighted by Gasteiger charge is -2.44. The smallest absolute Gasteiger partial charge is 0.186 e. The molecular formula is C8H17NO5. The Morgan fingerprint density at radius 1 is 1.50 bits per heavy atom. The van der Waals surface area contributed by atoms with Crippen molar-refractivity contribution in [2.45, 2.75) is 44.2 Å². The quantitative estimate of drug-likeness (QED) is 0.396. The third-order valence-electron chi connectivity index (χ3n) is 2.40. The molecule has 5 unspecified atom stereocenters. The van der Waals surface area contributed by atoms with Gasteiger partial charge in [-0.05, 0) is 13.8 Å². The average molecular weight is 207 g/mol. The molecule has 0 radical (unpaired) electrons. The molecule has 0 spiro atoms. The first-order valence-corrected chi connectivity index (χ1v) is 4.55. The van der Waals surface area contributed by atoms with E-state index < -0.39 is 30.3 Å². The molecular weight excluding hydrogens is 190 g/mol. The summed E-state index contributed by atoms with van der Waals surface area (Å²) in [4.78, 5) is 0. The van der Waals surface area contributed by atoms with E-state index in [-0.39, 0.29) is 0 Å². The molecule has 1 rings (SSSR count). The summed E-state index contributed by atoms with van der Waals surface area (Å²) in [5, 5.41) is 28.5. The molecule has 0 amide bonds. The highest BCUT2D eigenvalue weighted by Gasteiger charge is 2.50. The summed E-state index contributed by atoms with van der Waals surface area (Å²) in [6.07, 6.45) is -4.59. The Hall–Kier alpha value is -0.240. The topological polar surface area (TPSA) is 105 Å². The summed E-state index contributed by atoms with van der Waals surface area (Å²) >= 11 is 0. The fourth-order valence-electron chi connectivity index (χ4n) is 1.36. The van der Waals surface area contributed by atoms with E-state index in [4.69, 9.17) is 15.2 Å². The largest absolute Gasteiger partial charge is 0.386 e. The first kappa shape index (κ1) is 11.8. The van der Waals surface area contributed by atoms with E-state index >= 15 is 0 Å². The summed E-state index contributed by atoms with van der Waals surface area (Å²) in [7, 11) is 0. The third-order valence-corrected chi connectivity index (χ3v) is 2.40. The highest BCUT2D eigenvalue weighted by atomic mass is 16.7. The van der Waals surface area contributed by atoms with Crippen LogP contribution < -0.4 is 5.73 Å². The summed E-state index contributed by atoms with van der Waals surface area (Å²) in [6.45, 7) is 3.57. The molecule has 0 bridgehead atoms. The molecule has 6 nitrogen and oxygen atoms in total. The van der Waals surface area contributed by atoms with Gasteiger partial charge in [0, 0.05) is 6.61 Å². The first-order valence-electron chi connectivity index (χ1n) is 4.55. The number of ether oxygens (including phenoxy) is 2. The van der Waals surface area contributed by atoms with Gasteiger partial charge >= 0.3 is 0 Å². The molecule has 6 heteroatoms. The van der Waals surface area contributed by atoms with E-state index in [1.54, 1.807) is 6.92 Å². The second-order valence-electron chi connectivity index (χ2n) is 3.42. The van der Waals surface area contributed by atoms with Crippen LogP contribution in [0.15, 0.2) is 0 Å². The third kappa shape index (κ3) is 1.90. The predicted molar refractivity (Wildman–Crippen MR) is 47.1 cm³/mol. The van der Waals surface area contributed by atoms with Crippen molar-refractivity contribution in [3.8, 4) is 0 Å². The Bertz CT molecular complexity index is 198. The molecule has 0 aliphatic carbocycles. The van der Waals surface area contributed by atoms with Crippen LogP contribution in [0.5, 0.6) is 0 Å². The SMILES string of the molecule is CCOC1OC(C)C(N)(O)C(O)C1O. The van der Waals surface area contributed by atoms with Crippen LogP contribution in [0.2, 0.25) is 0 Å². The van der Waals surface area contributed by atoms with Gasteiger partial charge in [0.2, 0.25) is 0 Å². The van der Waals surface area contributed by atoms with Crippen LogP contribution in [0.1, 0.15) is 13.8 Å². The van der Waals surface area contributed by atoms with Crippen molar-refractivity contribution in [2.24, 2.45) is 5.73 Å². The van der Waals surface area contributed by atoms with Crippen molar-refractivity contribution in [2.75, 3.05) is 6.61 Å². The molecule has 1 aliphatic rings. The molecule has 84 valence electrons. The predicted octanol–water partition coefficient (Wildman–Crippen LogP) is -1.86. The van der Waals surface area contributed by atoms with Gasteiger partial charge in [-0.25, -0.2) is 0 Å². The molecule has 5 atom stereocenters. The molecule has 0 aromatic rings. The van der Waals surface area contributed by atoms with Crippen molar-refractivity contribution in [3.63, 3.8) is 0 Å². The van der Waals surface area contributed by atoms with Crippen LogP contribution >= 0.6 is 0 Å². The Balaban J connectivity index is 2.73. The maximum atomic E-state index is 9.56. The summed E-state index contributed by atoms with van der Waals surface area (Å²) in [5.41, 5.74) is 3.43. The van der Waals surface area contributed by atoms with Crippen molar-refractivity contribution < 1.29 is 24.8 Å². The van der Waals surface area contributed by atoms with Gasteiger partial charge < -0.3 is 24.8 Å². The Morgan fingerprint density at radius 2 is 2.07 bits per heavy atom. The van der Waals surface area contributed by atoms with Gasteiger partial charge in [-0.15, -0.1) is 0 Å². The summed E-state index contributed by atoms with van der Waals surface area (Å²) < 4.78 is 10.1. The van der Waals surface area contributed by atoms with Crippen LogP contribution in [0.3, 0.4) is 0 Å². The van der Waals surface area contributed by atoms with Gasteiger partial charge in [0.25, 0.3) is 0 Å². The summed E-state index contributed by atoms with van der Waals surface area (Å²) in [5.74, 6) is 0. The van der Waals surface area contributed by atoms with E-state index in [1.807, 2.05) is 0 Å². The second-order valence-corrected chi connectivity index (χ2v) is 3.42. The summed E-state index contributed by atoms with van der Waals surface area (Å²) in [6, 6.07) is 0. The van der Waals surface area contributed by atoms with Gasteiger partial charge in [0.05, 0.1) is 0 Å². The molecule has 14 heavy (non-hydrogen) atoms. The number of nitrogens with two attached hydrogens (primary N) is 1. The number of rotatable bonds is 2. The molecule has 1 fully saturated rings. The minimum atomic E-state index is -1.95. The number of aliphatic hydroxyl groups excluding tert-OH is 2. The van der Waals surface area contributed by atoms with Gasteiger partial charge in [-0.3, -0.25) is 5.73 Å². The maximum Gasteiger partial charge on any atom is 0.186 e. The van der Waals surface area contributed by atoms with Crippen LogP contribution in [0, 0.1) is 0 Å². The monoisotopic (exact) mass is 207 g/mol. The van der Waals surface area contributed by atoms with Crippen LogP contribution in [0.4, 0.5) is 0 Å². The molecule has 1 saturated heterocycles. The molecule has 0 aromatic heterocycles. The number of hydrogen-bond donors (Lipinski definition) is 4. The standard InChI is InChI=1S/C8H17NO5/c1-3-13-7-5(10)6(11)8(9,12)4(2)14-7/h4-7,10-12H,3,9H2,1-2H3. The molecule has 1 aliphatic heterocycles. The molecule has 0 aromatic carbocycles.